The Hall–Kier alpha value is -2.93. The van der Waals surface area contributed by atoms with E-state index in [1.807, 2.05) is 29.2 Å². The van der Waals surface area contributed by atoms with Gasteiger partial charge in [-0.1, -0.05) is 18.6 Å². The van der Waals surface area contributed by atoms with Gasteiger partial charge in [0.05, 0.1) is 17.4 Å². The Kier molecular flexibility index (Phi) is 5.59. The molecule has 2 aliphatic heterocycles. The third-order valence-electron chi connectivity index (χ3n) is 6.43. The Balaban J connectivity index is 1.29. The molecule has 3 aromatic rings. The molecule has 0 unspecified atom stereocenters. The fourth-order valence-electron chi connectivity index (χ4n) is 4.75. The van der Waals surface area contributed by atoms with E-state index in [1.165, 1.54) is 19.3 Å². The zero-order valence-electron chi connectivity index (χ0n) is 17.7. The number of nitrogens with one attached hydrogen (secondary N) is 1. The van der Waals surface area contributed by atoms with Crippen LogP contribution >= 0.6 is 0 Å². The maximum atomic E-state index is 13.1. The molecule has 5 rings (SSSR count). The molecule has 0 radical (unpaired) electrons. The highest BCUT2D eigenvalue weighted by atomic mass is 16.4. The highest BCUT2D eigenvalue weighted by molar-refractivity contribution is 5.91. The molecular formula is C24H28N4O3. The minimum Gasteiger partial charge on any atom is -0.455 e. The summed E-state index contributed by atoms with van der Waals surface area (Å²) in [6.07, 6.45) is 5.52. The number of aromatic amines is 1. The molecule has 1 aromatic carbocycles. The van der Waals surface area contributed by atoms with Crippen LogP contribution in [0.25, 0.3) is 10.9 Å². The fraction of sp³-hybridized carbons (Fsp3) is 0.458. The van der Waals surface area contributed by atoms with Gasteiger partial charge in [-0.3, -0.25) is 14.5 Å². The normalized spacial score (nSPS) is 20.3. The molecule has 1 atom stereocenters. The minimum atomic E-state index is -0.127. The largest absolute Gasteiger partial charge is 0.455 e. The molecule has 0 aliphatic carbocycles. The van der Waals surface area contributed by atoms with E-state index in [0.717, 1.165) is 38.2 Å². The number of nitrogens with zero attached hydrogens (tertiary/aromatic N) is 3. The van der Waals surface area contributed by atoms with Crippen LogP contribution in [0.3, 0.4) is 0 Å². The molecule has 2 aromatic heterocycles. The Morgan fingerprint density at radius 3 is 2.77 bits per heavy atom. The molecule has 0 spiro atoms. The molecule has 7 nitrogen and oxygen atoms in total. The molecule has 1 N–H and O–H groups in total. The summed E-state index contributed by atoms with van der Waals surface area (Å²) in [4.78, 5) is 37.4. The first-order valence-electron chi connectivity index (χ1n) is 11.3. The van der Waals surface area contributed by atoms with Crippen LogP contribution in [0.15, 0.2) is 45.6 Å². The van der Waals surface area contributed by atoms with E-state index >= 15 is 0 Å². The number of amides is 1. The van der Waals surface area contributed by atoms with Crippen LogP contribution in [0.5, 0.6) is 0 Å². The molecule has 0 saturated carbocycles. The number of piperidine rings is 2. The Labute approximate surface area is 181 Å². The second kappa shape index (κ2) is 8.67. The van der Waals surface area contributed by atoms with E-state index in [4.69, 9.17) is 4.42 Å². The van der Waals surface area contributed by atoms with Crippen LogP contribution < -0.4 is 5.56 Å². The number of likely N-dealkylation sites (tertiary alicyclic amines) is 2. The van der Waals surface area contributed by atoms with Gasteiger partial charge >= 0.3 is 0 Å². The van der Waals surface area contributed by atoms with E-state index in [-0.39, 0.29) is 17.4 Å². The minimum absolute atomic E-state index is 0.0118. The molecule has 162 valence electrons. The molecule has 2 fully saturated rings. The number of hydrogen-bond donors (Lipinski definition) is 1. The first-order valence-corrected chi connectivity index (χ1v) is 11.3. The summed E-state index contributed by atoms with van der Waals surface area (Å²) in [7, 11) is 0. The van der Waals surface area contributed by atoms with Gasteiger partial charge < -0.3 is 14.3 Å². The highest BCUT2D eigenvalue weighted by Gasteiger charge is 2.29. The predicted molar refractivity (Wildman–Crippen MR) is 118 cm³/mol. The van der Waals surface area contributed by atoms with Gasteiger partial charge in [0, 0.05) is 19.0 Å². The second-order valence-electron chi connectivity index (χ2n) is 8.66. The SMILES string of the molecule is O=C(c1ccc(CN2CCCCC2)o1)N1CCC[C@@H](c2nc3ccccc3c(=O)[nH]2)C1. The van der Waals surface area contributed by atoms with Gasteiger partial charge in [0.2, 0.25) is 0 Å². The first-order chi connectivity index (χ1) is 15.2. The lowest BCUT2D eigenvalue weighted by Gasteiger charge is -2.31. The lowest BCUT2D eigenvalue weighted by molar-refractivity contribution is 0.0668. The topological polar surface area (TPSA) is 82.4 Å². The Morgan fingerprint density at radius 1 is 1.06 bits per heavy atom. The Bertz CT molecular complexity index is 1130. The molecule has 1 amide bonds. The number of H-pyrrole nitrogens is 1. The fourth-order valence-corrected chi connectivity index (χ4v) is 4.75. The number of carbonyl (C=O) groups excluding carboxylic acids is 1. The monoisotopic (exact) mass is 420 g/mol. The third kappa shape index (κ3) is 4.28. The number of rotatable bonds is 4. The van der Waals surface area contributed by atoms with E-state index in [2.05, 4.69) is 14.9 Å². The molecular weight excluding hydrogens is 392 g/mol. The number of para-hydroxylation sites is 1. The molecule has 31 heavy (non-hydrogen) atoms. The van der Waals surface area contributed by atoms with Crippen molar-refractivity contribution >= 4 is 16.8 Å². The summed E-state index contributed by atoms with van der Waals surface area (Å²) in [6.45, 7) is 4.17. The van der Waals surface area contributed by atoms with Crippen molar-refractivity contribution in [2.24, 2.45) is 0 Å². The molecule has 7 heteroatoms. The van der Waals surface area contributed by atoms with E-state index < -0.39 is 0 Å². The van der Waals surface area contributed by atoms with Gasteiger partial charge in [-0.2, -0.15) is 0 Å². The third-order valence-corrected chi connectivity index (χ3v) is 6.43. The second-order valence-corrected chi connectivity index (χ2v) is 8.66. The zero-order valence-corrected chi connectivity index (χ0v) is 17.7. The molecule has 0 bridgehead atoms. The van der Waals surface area contributed by atoms with Gasteiger partial charge in [-0.05, 0) is 63.0 Å². The Morgan fingerprint density at radius 2 is 1.90 bits per heavy atom. The van der Waals surface area contributed by atoms with Gasteiger partial charge in [0.1, 0.15) is 11.6 Å². The summed E-state index contributed by atoms with van der Waals surface area (Å²) in [5.74, 6) is 1.83. The van der Waals surface area contributed by atoms with Crippen LogP contribution in [0, 0.1) is 0 Å². The van der Waals surface area contributed by atoms with Crippen molar-refractivity contribution in [3.63, 3.8) is 0 Å². The first kappa shape index (κ1) is 20.0. The summed E-state index contributed by atoms with van der Waals surface area (Å²) >= 11 is 0. The molecule has 2 saturated heterocycles. The maximum absolute atomic E-state index is 13.1. The van der Waals surface area contributed by atoms with Gasteiger partial charge in [-0.25, -0.2) is 4.98 Å². The average molecular weight is 421 g/mol. The lowest BCUT2D eigenvalue weighted by atomic mass is 9.96. The van der Waals surface area contributed by atoms with Crippen LogP contribution in [0.1, 0.15) is 60.2 Å². The van der Waals surface area contributed by atoms with Crippen LogP contribution in [-0.4, -0.2) is 51.9 Å². The van der Waals surface area contributed by atoms with Gasteiger partial charge in [0.15, 0.2) is 5.76 Å². The van der Waals surface area contributed by atoms with Crippen molar-refractivity contribution in [3.8, 4) is 0 Å². The number of fused-ring (bicyclic) bond motifs is 1. The highest BCUT2D eigenvalue weighted by Crippen LogP contribution is 2.26. The number of carbonyl (C=O) groups is 1. The van der Waals surface area contributed by atoms with Gasteiger partial charge in [0.25, 0.3) is 11.5 Å². The van der Waals surface area contributed by atoms with Crippen LogP contribution in [0.2, 0.25) is 0 Å². The van der Waals surface area contributed by atoms with Gasteiger partial charge in [-0.15, -0.1) is 0 Å². The summed E-state index contributed by atoms with van der Waals surface area (Å²) in [5, 5.41) is 0.590. The van der Waals surface area contributed by atoms with Crippen molar-refractivity contribution in [1.29, 1.82) is 0 Å². The van der Waals surface area contributed by atoms with Crippen molar-refractivity contribution in [3.05, 3.63) is 64.1 Å². The van der Waals surface area contributed by atoms with Crippen molar-refractivity contribution in [2.75, 3.05) is 26.2 Å². The van der Waals surface area contributed by atoms with Crippen molar-refractivity contribution in [1.82, 2.24) is 19.8 Å². The summed E-state index contributed by atoms with van der Waals surface area (Å²) in [6, 6.07) is 11.1. The number of aromatic nitrogens is 2. The zero-order chi connectivity index (χ0) is 21.2. The standard InChI is InChI=1S/C24H28N4O3/c29-23-19-8-2-3-9-20(19)25-22(26-23)17-7-6-14-28(15-17)24(30)21-11-10-18(31-21)16-27-12-4-1-5-13-27/h2-3,8-11,17H,1,4-7,12-16H2,(H,25,26,29)/t17-/m1/s1. The van der Waals surface area contributed by atoms with Crippen LogP contribution in [-0.2, 0) is 6.54 Å². The molecule has 4 heterocycles. The van der Waals surface area contributed by atoms with E-state index in [0.29, 0.717) is 35.6 Å². The quantitative estimate of drug-likeness (QED) is 0.698. The smallest absolute Gasteiger partial charge is 0.289 e. The summed E-state index contributed by atoms with van der Waals surface area (Å²) in [5.41, 5.74) is 0.565. The summed E-state index contributed by atoms with van der Waals surface area (Å²) < 4.78 is 5.91. The maximum Gasteiger partial charge on any atom is 0.289 e. The average Bonchev–Trinajstić information content (AvgIpc) is 3.28. The van der Waals surface area contributed by atoms with Crippen LogP contribution in [0.4, 0.5) is 0 Å². The van der Waals surface area contributed by atoms with E-state index in [1.54, 1.807) is 12.1 Å². The number of furan rings is 1. The number of hydrogen-bond acceptors (Lipinski definition) is 5. The van der Waals surface area contributed by atoms with Crippen molar-refractivity contribution < 1.29 is 9.21 Å². The van der Waals surface area contributed by atoms with E-state index in [9.17, 15) is 9.59 Å². The van der Waals surface area contributed by atoms with Crippen molar-refractivity contribution in [2.45, 2.75) is 44.6 Å². The predicted octanol–water partition coefficient (Wildman–Crippen LogP) is 3.52. The molecule has 2 aliphatic rings. The number of benzene rings is 1. The lowest BCUT2D eigenvalue weighted by Crippen LogP contribution is -2.39.